The van der Waals surface area contributed by atoms with Crippen molar-refractivity contribution in [3.63, 3.8) is 0 Å². The number of halogens is 1. The van der Waals surface area contributed by atoms with Crippen LogP contribution in [-0.4, -0.2) is 12.5 Å². The molecule has 3 nitrogen and oxygen atoms in total. The Labute approximate surface area is 129 Å². The van der Waals surface area contributed by atoms with E-state index in [0.29, 0.717) is 11.6 Å². The second-order valence-electron chi connectivity index (χ2n) is 4.82. The van der Waals surface area contributed by atoms with Crippen LogP contribution in [0.4, 0.5) is 0 Å². The molecule has 0 bridgehead atoms. The predicted octanol–water partition coefficient (Wildman–Crippen LogP) is 3.73. The summed E-state index contributed by atoms with van der Waals surface area (Å²) in [5.74, 6) is -0.140. The van der Waals surface area contributed by atoms with Crippen molar-refractivity contribution < 1.29 is 9.53 Å². The van der Waals surface area contributed by atoms with Crippen LogP contribution in [0.15, 0.2) is 54.6 Å². The number of hydrogen-bond donors (Lipinski definition) is 1. The summed E-state index contributed by atoms with van der Waals surface area (Å²) in [7, 11) is 0. The molecule has 21 heavy (non-hydrogen) atoms. The summed E-state index contributed by atoms with van der Waals surface area (Å²) >= 11 is 5.94. The van der Waals surface area contributed by atoms with Gasteiger partial charge < -0.3 is 10.1 Å². The minimum atomic E-state index is -0.140. The van der Waals surface area contributed by atoms with E-state index in [1.54, 1.807) is 0 Å². The van der Waals surface area contributed by atoms with Gasteiger partial charge in [0.05, 0.1) is 12.6 Å². The molecule has 2 aromatic carbocycles. The number of hydrogen-bond acceptors (Lipinski definition) is 2. The Bertz CT molecular complexity index is 586. The molecule has 0 spiro atoms. The van der Waals surface area contributed by atoms with Crippen molar-refractivity contribution in [1.82, 2.24) is 5.32 Å². The lowest BCUT2D eigenvalue weighted by Gasteiger charge is -2.14. The van der Waals surface area contributed by atoms with Crippen molar-refractivity contribution in [2.24, 2.45) is 0 Å². The highest BCUT2D eigenvalue weighted by molar-refractivity contribution is 6.30. The van der Waals surface area contributed by atoms with Gasteiger partial charge in [-0.25, -0.2) is 0 Å². The van der Waals surface area contributed by atoms with E-state index in [0.717, 1.165) is 11.1 Å². The second kappa shape index (κ2) is 7.81. The molecule has 1 atom stereocenters. The van der Waals surface area contributed by atoms with Gasteiger partial charge in [-0.05, 0) is 30.2 Å². The predicted molar refractivity (Wildman–Crippen MR) is 84.1 cm³/mol. The zero-order valence-corrected chi connectivity index (χ0v) is 12.6. The van der Waals surface area contributed by atoms with Crippen LogP contribution in [0.1, 0.15) is 24.1 Å². The Morgan fingerprint density at radius 1 is 1.19 bits per heavy atom. The smallest absolute Gasteiger partial charge is 0.246 e. The van der Waals surface area contributed by atoms with Crippen molar-refractivity contribution in [1.29, 1.82) is 0 Å². The fourth-order valence-electron chi connectivity index (χ4n) is 1.98. The Kier molecular flexibility index (Phi) is 5.78. The third-order valence-electron chi connectivity index (χ3n) is 3.07. The molecular weight excluding hydrogens is 286 g/mol. The fraction of sp³-hybridized carbons (Fsp3) is 0.235. The molecule has 0 fully saturated rings. The van der Waals surface area contributed by atoms with Crippen molar-refractivity contribution in [3.05, 3.63) is 70.7 Å². The first-order valence-corrected chi connectivity index (χ1v) is 7.19. The average molecular weight is 304 g/mol. The maximum absolute atomic E-state index is 11.8. The van der Waals surface area contributed by atoms with Crippen LogP contribution in [0.2, 0.25) is 5.02 Å². The van der Waals surface area contributed by atoms with Gasteiger partial charge in [-0.2, -0.15) is 0 Å². The molecule has 4 heteroatoms. The van der Waals surface area contributed by atoms with E-state index in [1.807, 2.05) is 61.5 Å². The normalized spacial score (nSPS) is 11.9. The van der Waals surface area contributed by atoms with Crippen LogP contribution in [0.5, 0.6) is 0 Å². The molecule has 0 aromatic heterocycles. The SMILES string of the molecule is CC(NC(=O)COCc1ccccc1)c1cccc(Cl)c1. The highest BCUT2D eigenvalue weighted by Gasteiger charge is 2.09. The molecule has 0 aliphatic heterocycles. The van der Waals surface area contributed by atoms with Gasteiger partial charge in [0.2, 0.25) is 5.91 Å². The third kappa shape index (κ3) is 5.21. The number of benzene rings is 2. The van der Waals surface area contributed by atoms with Crippen LogP contribution < -0.4 is 5.32 Å². The van der Waals surface area contributed by atoms with Gasteiger partial charge in [-0.3, -0.25) is 4.79 Å². The topological polar surface area (TPSA) is 38.3 Å². The summed E-state index contributed by atoms with van der Waals surface area (Å²) in [5.41, 5.74) is 2.02. The molecule has 2 aromatic rings. The van der Waals surface area contributed by atoms with Crippen LogP contribution in [0.25, 0.3) is 0 Å². The minimum Gasteiger partial charge on any atom is -0.367 e. The summed E-state index contributed by atoms with van der Waals surface area (Å²) in [6, 6.07) is 17.1. The van der Waals surface area contributed by atoms with E-state index < -0.39 is 0 Å². The van der Waals surface area contributed by atoms with Crippen LogP contribution in [0.3, 0.4) is 0 Å². The Balaban J connectivity index is 1.76. The lowest BCUT2D eigenvalue weighted by Crippen LogP contribution is -2.30. The number of rotatable bonds is 6. The van der Waals surface area contributed by atoms with E-state index >= 15 is 0 Å². The Hall–Kier alpha value is -1.84. The largest absolute Gasteiger partial charge is 0.367 e. The van der Waals surface area contributed by atoms with Gasteiger partial charge in [0.15, 0.2) is 0 Å². The zero-order valence-electron chi connectivity index (χ0n) is 11.9. The third-order valence-corrected chi connectivity index (χ3v) is 3.31. The molecule has 0 saturated heterocycles. The Morgan fingerprint density at radius 2 is 1.95 bits per heavy atom. The number of nitrogens with one attached hydrogen (secondary N) is 1. The van der Waals surface area contributed by atoms with Gasteiger partial charge in [0, 0.05) is 5.02 Å². The molecule has 1 unspecified atom stereocenters. The van der Waals surface area contributed by atoms with Gasteiger partial charge in [-0.15, -0.1) is 0 Å². The molecule has 0 saturated carbocycles. The molecule has 0 aliphatic carbocycles. The van der Waals surface area contributed by atoms with Gasteiger partial charge in [0.25, 0.3) is 0 Å². The first-order valence-electron chi connectivity index (χ1n) is 6.81. The summed E-state index contributed by atoms with van der Waals surface area (Å²) < 4.78 is 5.40. The zero-order chi connectivity index (χ0) is 15.1. The van der Waals surface area contributed by atoms with E-state index in [2.05, 4.69) is 5.32 Å². The maximum atomic E-state index is 11.8. The molecule has 2 rings (SSSR count). The summed E-state index contributed by atoms with van der Waals surface area (Å²) in [5, 5.41) is 3.55. The van der Waals surface area contributed by atoms with E-state index in [9.17, 15) is 4.79 Å². The summed E-state index contributed by atoms with van der Waals surface area (Å²) in [4.78, 5) is 11.8. The first-order chi connectivity index (χ1) is 10.1. The molecule has 0 aliphatic rings. The second-order valence-corrected chi connectivity index (χ2v) is 5.26. The highest BCUT2D eigenvalue weighted by Crippen LogP contribution is 2.17. The van der Waals surface area contributed by atoms with Gasteiger partial charge >= 0.3 is 0 Å². The molecule has 0 heterocycles. The number of carbonyl (C=O) groups is 1. The quantitative estimate of drug-likeness (QED) is 0.883. The fourth-order valence-corrected chi connectivity index (χ4v) is 2.18. The summed E-state index contributed by atoms with van der Waals surface area (Å²) in [6.07, 6.45) is 0. The van der Waals surface area contributed by atoms with Crippen molar-refractivity contribution in [3.8, 4) is 0 Å². The number of amides is 1. The van der Waals surface area contributed by atoms with Crippen molar-refractivity contribution in [2.75, 3.05) is 6.61 Å². The van der Waals surface area contributed by atoms with Gasteiger partial charge in [0.1, 0.15) is 6.61 Å². The average Bonchev–Trinajstić information content (AvgIpc) is 2.48. The van der Waals surface area contributed by atoms with Crippen LogP contribution in [-0.2, 0) is 16.1 Å². The van der Waals surface area contributed by atoms with Crippen molar-refractivity contribution >= 4 is 17.5 Å². The monoisotopic (exact) mass is 303 g/mol. The number of ether oxygens (including phenoxy) is 1. The number of carbonyl (C=O) groups excluding carboxylic acids is 1. The highest BCUT2D eigenvalue weighted by atomic mass is 35.5. The molecule has 0 radical (unpaired) electrons. The van der Waals surface area contributed by atoms with Gasteiger partial charge in [-0.1, -0.05) is 54.1 Å². The van der Waals surface area contributed by atoms with E-state index in [-0.39, 0.29) is 18.6 Å². The van der Waals surface area contributed by atoms with E-state index in [4.69, 9.17) is 16.3 Å². The minimum absolute atomic E-state index is 0.0415. The van der Waals surface area contributed by atoms with Crippen LogP contribution in [0, 0.1) is 0 Å². The first kappa shape index (κ1) is 15.5. The van der Waals surface area contributed by atoms with Crippen molar-refractivity contribution in [2.45, 2.75) is 19.6 Å². The lowest BCUT2D eigenvalue weighted by atomic mass is 10.1. The van der Waals surface area contributed by atoms with Crippen LogP contribution >= 0.6 is 11.6 Å². The maximum Gasteiger partial charge on any atom is 0.246 e. The molecule has 1 N–H and O–H groups in total. The Morgan fingerprint density at radius 3 is 2.67 bits per heavy atom. The van der Waals surface area contributed by atoms with E-state index in [1.165, 1.54) is 0 Å². The molecule has 110 valence electrons. The summed E-state index contributed by atoms with van der Waals surface area (Å²) in [6.45, 7) is 2.39. The molecular formula is C17H18ClNO2. The standard InChI is InChI=1S/C17H18ClNO2/c1-13(15-8-5-9-16(18)10-15)19-17(20)12-21-11-14-6-3-2-4-7-14/h2-10,13H,11-12H2,1H3,(H,19,20). The molecule has 1 amide bonds. The lowest BCUT2D eigenvalue weighted by molar-refractivity contribution is -0.126.